The standard InChI is InChI=1S/C28H23BrN2O7/c1-3-37-24-14-18(13-23(29)25(24)38-16-17-4-6-19(7-5-17)27(33)34)12-21(15-30)26(32)31-22-10-8-20(9-11-22)28(35)36-2/h4-14H,3,16H2,1-2H3,(H,31,32)(H,33,34)/b21-12+. The van der Waals surface area contributed by atoms with E-state index in [0.717, 1.165) is 5.56 Å². The van der Waals surface area contributed by atoms with Crippen LogP contribution >= 0.6 is 15.9 Å². The molecule has 9 nitrogen and oxygen atoms in total. The fourth-order valence-electron chi connectivity index (χ4n) is 3.29. The van der Waals surface area contributed by atoms with Gasteiger partial charge in [0, 0.05) is 5.69 Å². The molecule has 194 valence electrons. The Morgan fingerprint density at radius 2 is 1.68 bits per heavy atom. The van der Waals surface area contributed by atoms with Crippen LogP contribution in [-0.2, 0) is 16.1 Å². The molecule has 0 spiro atoms. The third-order valence-electron chi connectivity index (χ3n) is 5.16. The van der Waals surface area contributed by atoms with E-state index >= 15 is 0 Å². The maximum atomic E-state index is 12.7. The van der Waals surface area contributed by atoms with Gasteiger partial charge in [-0.15, -0.1) is 0 Å². The molecule has 1 amide bonds. The van der Waals surface area contributed by atoms with E-state index in [1.165, 1.54) is 49.6 Å². The van der Waals surface area contributed by atoms with Crippen LogP contribution in [-0.4, -0.2) is 36.7 Å². The number of esters is 1. The minimum absolute atomic E-state index is 0.149. The second-order valence-corrected chi connectivity index (χ2v) is 8.60. The molecule has 2 N–H and O–H groups in total. The Bertz CT molecular complexity index is 1410. The third kappa shape index (κ3) is 7.21. The predicted octanol–water partition coefficient (Wildman–Crippen LogP) is 5.46. The highest BCUT2D eigenvalue weighted by Gasteiger charge is 2.15. The number of carbonyl (C=O) groups is 3. The van der Waals surface area contributed by atoms with E-state index in [4.69, 9.17) is 14.6 Å². The number of nitrogens with one attached hydrogen (secondary N) is 1. The summed E-state index contributed by atoms with van der Waals surface area (Å²) in [7, 11) is 1.28. The van der Waals surface area contributed by atoms with Gasteiger partial charge in [-0.2, -0.15) is 5.26 Å². The van der Waals surface area contributed by atoms with Crippen molar-refractivity contribution in [2.45, 2.75) is 13.5 Å². The first-order valence-corrected chi connectivity index (χ1v) is 12.1. The largest absolute Gasteiger partial charge is 0.490 e. The van der Waals surface area contributed by atoms with Crippen LogP contribution in [0.4, 0.5) is 5.69 Å². The molecule has 0 saturated heterocycles. The van der Waals surface area contributed by atoms with E-state index in [1.807, 2.05) is 13.0 Å². The quantitative estimate of drug-likeness (QED) is 0.184. The summed E-state index contributed by atoms with van der Waals surface area (Å²) in [6, 6.07) is 17.6. The van der Waals surface area contributed by atoms with Gasteiger partial charge in [-0.25, -0.2) is 9.59 Å². The number of benzene rings is 3. The lowest BCUT2D eigenvalue weighted by Crippen LogP contribution is -2.13. The monoisotopic (exact) mass is 578 g/mol. The minimum Gasteiger partial charge on any atom is -0.490 e. The Kier molecular flexibility index (Phi) is 9.62. The second kappa shape index (κ2) is 13.1. The number of nitrogens with zero attached hydrogens (tertiary/aromatic N) is 1. The molecule has 0 heterocycles. The molecule has 3 aromatic carbocycles. The van der Waals surface area contributed by atoms with Crippen molar-refractivity contribution in [1.82, 2.24) is 0 Å². The van der Waals surface area contributed by atoms with Crippen molar-refractivity contribution in [1.29, 1.82) is 5.26 Å². The van der Waals surface area contributed by atoms with Gasteiger partial charge in [0.15, 0.2) is 11.5 Å². The Morgan fingerprint density at radius 3 is 2.26 bits per heavy atom. The first-order chi connectivity index (χ1) is 18.2. The molecule has 0 radical (unpaired) electrons. The molecule has 3 aromatic rings. The minimum atomic E-state index is -1.01. The number of anilines is 1. The van der Waals surface area contributed by atoms with E-state index in [1.54, 1.807) is 24.3 Å². The van der Waals surface area contributed by atoms with Gasteiger partial charge in [-0.3, -0.25) is 4.79 Å². The first kappa shape index (κ1) is 28.0. The van der Waals surface area contributed by atoms with Crippen molar-refractivity contribution >= 4 is 45.5 Å². The summed E-state index contributed by atoms with van der Waals surface area (Å²) in [4.78, 5) is 35.3. The number of carboxylic acid groups (broad SMARTS) is 1. The summed E-state index contributed by atoms with van der Waals surface area (Å²) >= 11 is 3.47. The van der Waals surface area contributed by atoms with E-state index in [0.29, 0.717) is 39.4 Å². The summed E-state index contributed by atoms with van der Waals surface area (Å²) in [5, 5.41) is 21.3. The summed E-state index contributed by atoms with van der Waals surface area (Å²) in [6.07, 6.45) is 1.42. The van der Waals surface area contributed by atoms with Gasteiger partial charge in [-0.05, 0) is 88.6 Å². The Labute approximate surface area is 227 Å². The van der Waals surface area contributed by atoms with Crippen LogP contribution in [0.5, 0.6) is 11.5 Å². The molecule has 0 aliphatic carbocycles. The lowest BCUT2D eigenvalue weighted by molar-refractivity contribution is -0.112. The van der Waals surface area contributed by atoms with Crippen molar-refractivity contribution in [3.63, 3.8) is 0 Å². The predicted molar refractivity (Wildman–Crippen MR) is 143 cm³/mol. The van der Waals surface area contributed by atoms with Gasteiger partial charge in [0.05, 0.1) is 29.3 Å². The average Bonchev–Trinajstić information content (AvgIpc) is 2.91. The lowest BCUT2D eigenvalue weighted by Gasteiger charge is -2.15. The Balaban J connectivity index is 1.79. The summed E-state index contributed by atoms with van der Waals surface area (Å²) < 4.78 is 16.9. The maximum absolute atomic E-state index is 12.7. The molecule has 0 bridgehead atoms. The molecule has 0 atom stereocenters. The molecule has 10 heteroatoms. The molecule has 0 aliphatic heterocycles. The molecule has 0 fully saturated rings. The normalized spacial score (nSPS) is 10.7. The lowest BCUT2D eigenvalue weighted by atomic mass is 10.1. The van der Waals surface area contributed by atoms with Crippen molar-refractivity contribution in [2.24, 2.45) is 0 Å². The van der Waals surface area contributed by atoms with Crippen LogP contribution in [0.2, 0.25) is 0 Å². The molecule has 38 heavy (non-hydrogen) atoms. The number of hydrogen-bond donors (Lipinski definition) is 2. The number of carbonyl (C=O) groups excluding carboxylic acids is 2. The molecule has 3 rings (SSSR count). The van der Waals surface area contributed by atoms with Crippen molar-refractivity contribution in [3.8, 4) is 17.6 Å². The number of methoxy groups -OCH3 is 1. The van der Waals surface area contributed by atoms with Gasteiger partial charge in [0.25, 0.3) is 5.91 Å². The molecule has 0 unspecified atom stereocenters. The van der Waals surface area contributed by atoms with Crippen LogP contribution in [0, 0.1) is 11.3 Å². The van der Waals surface area contributed by atoms with E-state index < -0.39 is 17.8 Å². The summed E-state index contributed by atoms with van der Waals surface area (Å²) in [6.45, 7) is 2.31. The van der Waals surface area contributed by atoms with E-state index in [2.05, 4.69) is 26.0 Å². The maximum Gasteiger partial charge on any atom is 0.337 e. The van der Waals surface area contributed by atoms with Crippen molar-refractivity contribution in [3.05, 3.63) is 93.0 Å². The van der Waals surface area contributed by atoms with Crippen LogP contribution in [0.25, 0.3) is 6.08 Å². The molecular weight excluding hydrogens is 556 g/mol. The zero-order valence-electron chi connectivity index (χ0n) is 20.5. The van der Waals surface area contributed by atoms with E-state index in [9.17, 15) is 19.6 Å². The topological polar surface area (TPSA) is 135 Å². The number of halogens is 1. The Hall–Kier alpha value is -4.62. The number of aromatic carboxylic acids is 1. The molecule has 0 saturated carbocycles. The van der Waals surface area contributed by atoms with Crippen LogP contribution < -0.4 is 14.8 Å². The highest BCUT2D eigenvalue weighted by Crippen LogP contribution is 2.38. The summed E-state index contributed by atoms with van der Waals surface area (Å²) in [5.74, 6) is -1.33. The highest BCUT2D eigenvalue weighted by atomic mass is 79.9. The highest BCUT2D eigenvalue weighted by molar-refractivity contribution is 9.10. The van der Waals surface area contributed by atoms with Crippen molar-refractivity contribution < 1.29 is 33.7 Å². The number of amides is 1. The number of hydrogen-bond acceptors (Lipinski definition) is 7. The van der Waals surface area contributed by atoms with Gasteiger partial charge in [-0.1, -0.05) is 12.1 Å². The molecular formula is C28H23BrN2O7. The third-order valence-corrected chi connectivity index (χ3v) is 5.74. The van der Waals surface area contributed by atoms with Crippen LogP contribution in [0.3, 0.4) is 0 Å². The SMILES string of the molecule is CCOc1cc(/C=C(\C#N)C(=O)Nc2ccc(C(=O)OC)cc2)cc(Br)c1OCc1ccc(C(=O)O)cc1. The fraction of sp³-hybridized carbons (Fsp3) is 0.143. The van der Waals surface area contributed by atoms with Gasteiger partial charge >= 0.3 is 11.9 Å². The second-order valence-electron chi connectivity index (χ2n) is 7.75. The van der Waals surface area contributed by atoms with Gasteiger partial charge in [0.1, 0.15) is 18.2 Å². The van der Waals surface area contributed by atoms with Crippen molar-refractivity contribution in [2.75, 3.05) is 19.0 Å². The fourth-order valence-corrected chi connectivity index (χ4v) is 3.87. The first-order valence-electron chi connectivity index (χ1n) is 11.3. The molecule has 0 aliphatic rings. The van der Waals surface area contributed by atoms with Gasteiger partial charge in [0.2, 0.25) is 0 Å². The van der Waals surface area contributed by atoms with Crippen LogP contribution in [0.1, 0.15) is 38.8 Å². The van der Waals surface area contributed by atoms with E-state index in [-0.39, 0.29) is 17.7 Å². The molecule has 0 aromatic heterocycles. The average molecular weight is 579 g/mol. The number of rotatable bonds is 10. The Morgan fingerprint density at radius 1 is 1.03 bits per heavy atom. The number of nitriles is 1. The van der Waals surface area contributed by atoms with Crippen LogP contribution in [0.15, 0.2) is 70.7 Å². The smallest absolute Gasteiger partial charge is 0.337 e. The number of ether oxygens (including phenoxy) is 3. The van der Waals surface area contributed by atoms with Gasteiger partial charge < -0.3 is 24.6 Å². The number of carboxylic acids is 1. The zero-order valence-corrected chi connectivity index (χ0v) is 22.1. The zero-order chi connectivity index (χ0) is 27.7. The summed E-state index contributed by atoms with van der Waals surface area (Å²) in [5.41, 5.74) is 2.04.